The highest BCUT2D eigenvalue weighted by Gasteiger charge is 2.40. The van der Waals surface area contributed by atoms with E-state index in [1.165, 1.54) is 61.2 Å². The second-order valence-corrected chi connectivity index (χ2v) is 19.3. The quantitative estimate of drug-likeness (QED) is 0.136. The molecule has 0 amide bonds. The third-order valence-electron chi connectivity index (χ3n) is 14.7. The largest absolute Gasteiger partial charge is 0.455 e. The maximum Gasteiger partial charge on any atom is 0.145 e. The average molecular weight is 923 g/mol. The fourth-order valence-corrected chi connectivity index (χ4v) is 11.0. The summed E-state index contributed by atoms with van der Waals surface area (Å²) in [7, 11) is 0. The van der Waals surface area contributed by atoms with E-state index in [4.69, 9.17) is 4.42 Å². The summed E-state index contributed by atoms with van der Waals surface area (Å²) in [6.07, 6.45) is 0. The number of benzene rings is 11. The van der Waals surface area contributed by atoms with Crippen LogP contribution in [0.25, 0.3) is 77.6 Å². The Morgan fingerprint density at radius 2 is 0.681 bits per heavy atom. The van der Waals surface area contributed by atoms with Crippen molar-refractivity contribution in [2.24, 2.45) is 0 Å². The van der Waals surface area contributed by atoms with Gasteiger partial charge in [0.1, 0.15) is 11.2 Å². The molecule has 0 fully saturated rings. The number of nitrogens with zero attached hydrogens (tertiary/aromatic N) is 2. The first-order valence-corrected chi connectivity index (χ1v) is 24.8. The molecular weight excluding hydrogens is 873 g/mol. The highest BCUT2D eigenvalue weighted by atomic mass is 16.3. The van der Waals surface area contributed by atoms with Crippen LogP contribution in [-0.2, 0) is 5.41 Å². The van der Waals surface area contributed by atoms with Gasteiger partial charge in [0.05, 0.1) is 11.1 Å². The number of fused-ring (bicyclic) bond motifs is 7. The van der Waals surface area contributed by atoms with E-state index in [-0.39, 0.29) is 0 Å². The predicted molar refractivity (Wildman–Crippen MR) is 302 cm³/mol. The molecule has 0 unspecified atom stereocenters. The monoisotopic (exact) mass is 922 g/mol. The predicted octanol–water partition coefficient (Wildman–Crippen LogP) is 19.5. The maximum absolute atomic E-state index is 7.14. The highest BCUT2D eigenvalue weighted by molar-refractivity contribution is 6.19. The molecule has 0 atom stereocenters. The van der Waals surface area contributed by atoms with Crippen molar-refractivity contribution in [3.63, 3.8) is 0 Å². The van der Waals surface area contributed by atoms with Gasteiger partial charge in [-0.05, 0) is 134 Å². The first kappa shape index (κ1) is 42.9. The molecule has 1 aliphatic rings. The van der Waals surface area contributed by atoms with Gasteiger partial charge in [-0.2, -0.15) is 0 Å². The summed E-state index contributed by atoms with van der Waals surface area (Å²) in [5.74, 6) is 0. The smallest absolute Gasteiger partial charge is 0.145 e. The zero-order valence-corrected chi connectivity index (χ0v) is 40.2. The van der Waals surface area contributed by atoms with Crippen LogP contribution < -0.4 is 9.80 Å². The Hall–Kier alpha value is -9.18. The number of furan rings is 1. The minimum Gasteiger partial charge on any atom is -0.455 e. The van der Waals surface area contributed by atoms with E-state index in [1.807, 2.05) is 0 Å². The number of anilines is 6. The molecule has 1 heterocycles. The topological polar surface area (TPSA) is 19.6 Å². The van der Waals surface area contributed by atoms with Gasteiger partial charge in [0.25, 0.3) is 0 Å². The molecule has 72 heavy (non-hydrogen) atoms. The molecule has 0 radical (unpaired) electrons. The van der Waals surface area contributed by atoms with E-state index >= 15 is 0 Å². The third-order valence-corrected chi connectivity index (χ3v) is 14.7. The number of rotatable bonds is 10. The van der Waals surface area contributed by atoms with Gasteiger partial charge in [-0.3, -0.25) is 0 Å². The van der Waals surface area contributed by atoms with Crippen LogP contribution in [0.2, 0.25) is 0 Å². The Balaban J connectivity index is 0.979. The minimum absolute atomic E-state index is 0.400. The number of para-hydroxylation sites is 1. The van der Waals surface area contributed by atoms with Crippen LogP contribution in [0, 0.1) is 0 Å². The first-order chi connectivity index (χ1) is 35.5. The van der Waals surface area contributed by atoms with Crippen molar-refractivity contribution in [3.05, 3.63) is 278 Å². The zero-order chi connectivity index (χ0) is 48.2. The van der Waals surface area contributed by atoms with Crippen molar-refractivity contribution < 1.29 is 4.42 Å². The van der Waals surface area contributed by atoms with E-state index in [0.717, 1.165) is 61.6 Å². The molecule has 342 valence electrons. The van der Waals surface area contributed by atoms with E-state index in [9.17, 15) is 0 Å². The molecule has 0 bridgehead atoms. The lowest BCUT2D eigenvalue weighted by Crippen LogP contribution is -2.18. The zero-order valence-electron chi connectivity index (χ0n) is 40.2. The molecule has 3 heteroatoms. The standard InChI is InChI=1S/C69H50N2O/c1-69(2)62-45-59(70(55-35-27-51(28-36-55)47-17-7-3-8-18-47)56-37-29-52(30-38-56)48-19-9-4-10-20-48)43-44-60(62)66-63(69)46-64(67-61-25-15-16-26-65(61)72-68(66)67)71(57-39-31-53(32-40-57)49-21-11-5-12-22-49)58-41-33-54(34-42-58)50-23-13-6-14-24-50/h3-46H,1-2H3. The summed E-state index contributed by atoms with van der Waals surface area (Å²) in [4.78, 5) is 4.82. The molecule has 0 saturated carbocycles. The highest BCUT2D eigenvalue weighted by Crippen LogP contribution is 2.57. The van der Waals surface area contributed by atoms with Gasteiger partial charge in [0.15, 0.2) is 0 Å². The third kappa shape index (κ3) is 7.46. The molecule has 0 aliphatic heterocycles. The van der Waals surface area contributed by atoms with Gasteiger partial charge in [0, 0.05) is 44.8 Å². The van der Waals surface area contributed by atoms with Crippen LogP contribution in [0.1, 0.15) is 25.0 Å². The lowest BCUT2D eigenvalue weighted by molar-refractivity contribution is 0.653. The van der Waals surface area contributed by atoms with Crippen LogP contribution >= 0.6 is 0 Å². The maximum atomic E-state index is 7.14. The molecule has 0 saturated heterocycles. The van der Waals surface area contributed by atoms with E-state index in [1.54, 1.807) is 0 Å². The second-order valence-electron chi connectivity index (χ2n) is 19.3. The van der Waals surface area contributed by atoms with Gasteiger partial charge in [-0.15, -0.1) is 0 Å². The molecule has 0 spiro atoms. The van der Waals surface area contributed by atoms with Gasteiger partial charge in [-0.25, -0.2) is 0 Å². The van der Waals surface area contributed by atoms with Gasteiger partial charge < -0.3 is 14.2 Å². The van der Waals surface area contributed by atoms with E-state index < -0.39 is 5.41 Å². The summed E-state index contributed by atoms with van der Waals surface area (Å²) in [5, 5.41) is 2.18. The number of hydrogen-bond acceptors (Lipinski definition) is 3. The van der Waals surface area contributed by atoms with Crippen molar-refractivity contribution >= 4 is 56.1 Å². The van der Waals surface area contributed by atoms with Gasteiger partial charge in [-0.1, -0.05) is 208 Å². The summed E-state index contributed by atoms with van der Waals surface area (Å²) in [6.45, 7) is 4.75. The van der Waals surface area contributed by atoms with Crippen LogP contribution in [0.3, 0.4) is 0 Å². The van der Waals surface area contributed by atoms with Crippen molar-refractivity contribution in [2.75, 3.05) is 9.80 Å². The summed E-state index contributed by atoms with van der Waals surface area (Å²) < 4.78 is 7.14. The Kier molecular flexibility index (Phi) is 10.5. The van der Waals surface area contributed by atoms with Crippen molar-refractivity contribution in [1.82, 2.24) is 0 Å². The Labute approximate surface area is 421 Å². The van der Waals surface area contributed by atoms with E-state index in [0.29, 0.717) is 0 Å². The van der Waals surface area contributed by atoms with Crippen LogP contribution in [0.15, 0.2) is 271 Å². The fraction of sp³-hybridized carbons (Fsp3) is 0.0435. The molecule has 3 nitrogen and oxygen atoms in total. The second kappa shape index (κ2) is 17.7. The number of hydrogen-bond donors (Lipinski definition) is 0. The molecule has 1 aliphatic carbocycles. The lowest BCUT2D eigenvalue weighted by atomic mass is 9.81. The fourth-order valence-electron chi connectivity index (χ4n) is 11.0. The molecule has 1 aromatic heterocycles. The van der Waals surface area contributed by atoms with Crippen LogP contribution in [0.5, 0.6) is 0 Å². The van der Waals surface area contributed by atoms with Crippen molar-refractivity contribution in [2.45, 2.75) is 19.3 Å². The molecule has 13 rings (SSSR count). The van der Waals surface area contributed by atoms with E-state index in [2.05, 4.69) is 291 Å². The Morgan fingerprint density at radius 1 is 0.319 bits per heavy atom. The van der Waals surface area contributed by atoms with Crippen LogP contribution in [0.4, 0.5) is 34.1 Å². The van der Waals surface area contributed by atoms with Crippen LogP contribution in [-0.4, -0.2) is 0 Å². The molecule has 12 aromatic rings. The summed E-state index contributed by atoms with van der Waals surface area (Å²) in [6, 6.07) is 96.4. The lowest BCUT2D eigenvalue weighted by Gasteiger charge is -2.30. The SMILES string of the molecule is CC1(C)c2cc(N(c3ccc(-c4ccccc4)cc3)c3ccc(-c4ccccc4)cc3)ccc2-c2c1cc(N(c1ccc(-c3ccccc3)cc1)c1ccc(-c3ccccc3)cc1)c1c2oc2ccccc21. The molecule has 0 N–H and O–H groups in total. The van der Waals surface area contributed by atoms with Crippen molar-refractivity contribution in [1.29, 1.82) is 0 Å². The summed E-state index contributed by atoms with van der Waals surface area (Å²) in [5.41, 5.74) is 22.2. The van der Waals surface area contributed by atoms with Crippen molar-refractivity contribution in [3.8, 4) is 55.6 Å². The van der Waals surface area contributed by atoms with Gasteiger partial charge in [0.2, 0.25) is 0 Å². The summed E-state index contributed by atoms with van der Waals surface area (Å²) >= 11 is 0. The minimum atomic E-state index is -0.400. The van der Waals surface area contributed by atoms with Gasteiger partial charge >= 0.3 is 0 Å². The molecule has 11 aromatic carbocycles. The normalized spacial score (nSPS) is 12.4. The Bertz CT molecular complexity index is 3720. The first-order valence-electron chi connectivity index (χ1n) is 24.8. The average Bonchev–Trinajstić information content (AvgIpc) is 3.95. The molecular formula is C69H50N2O. The Morgan fingerprint density at radius 3 is 1.11 bits per heavy atom.